The van der Waals surface area contributed by atoms with Crippen molar-refractivity contribution in [3.8, 4) is 0 Å². The molecule has 2 amide bonds. The Balaban J connectivity index is 1.92. The van der Waals surface area contributed by atoms with Crippen molar-refractivity contribution in [3.63, 3.8) is 0 Å². The smallest absolute Gasteiger partial charge is 0.356 e. The van der Waals surface area contributed by atoms with Gasteiger partial charge in [-0.05, 0) is 50.8 Å². The predicted octanol–water partition coefficient (Wildman–Crippen LogP) is 3.41. The third-order valence-electron chi connectivity index (χ3n) is 5.33. The summed E-state index contributed by atoms with van der Waals surface area (Å²) in [6, 6.07) is 7.47. The van der Waals surface area contributed by atoms with Gasteiger partial charge in [0.15, 0.2) is 0 Å². The van der Waals surface area contributed by atoms with Crippen molar-refractivity contribution in [1.29, 1.82) is 0 Å². The van der Waals surface area contributed by atoms with E-state index in [2.05, 4.69) is 4.84 Å². The lowest BCUT2D eigenvalue weighted by atomic mass is 10.1. The van der Waals surface area contributed by atoms with Crippen LogP contribution in [0.25, 0.3) is 0 Å². The molecule has 1 aliphatic rings. The molecule has 10 heteroatoms. The van der Waals surface area contributed by atoms with Gasteiger partial charge in [0.05, 0.1) is 17.1 Å². The van der Waals surface area contributed by atoms with Crippen molar-refractivity contribution in [1.82, 2.24) is 9.80 Å². The van der Waals surface area contributed by atoms with Crippen LogP contribution in [0.1, 0.15) is 22.3 Å². The summed E-state index contributed by atoms with van der Waals surface area (Å²) in [4.78, 5) is 34.0. The molecular weight excluding hydrogens is 430 g/mol. The van der Waals surface area contributed by atoms with Crippen molar-refractivity contribution in [3.05, 3.63) is 64.2 Å². The van der Waals surface area contributed by atoms with Crippen LogP contribution in [0, 0.1) is 11.6 Å². The Morgan fingerprint density at radius 2 is 1.94 bits per heavy atom. The number of hydrogen-bond donors (Lipinski definition) is 1. The van der Waals surface area contributed by atoms with Crippen molar-refractivity contribution in [2.75, 3.05) is 32.1 Å². The first-order valence-electron chi connectivity index (χ1n) is 9.58. The second kappa shape index (κ2) is 9.59. The van der Waals surface area contributed by atoms with E-state index in [1.54, 1.807) is 4.90 Å². The molecule has 1 atom stereocenters. The van der Waals surface area contributed by atoms with Crippen LogP contribution in [0.3, 0.4) is 0 Å². The molecule has 7 nitrogen and oxygen atoms in total. The van der Waals surface area contributed by atoms with E-state index < -0.39 is 17.6 Å². The molecule has 2 aromatic carbocycles. The lowest BCUT2D eigenvalue weighted by Gasteiger charge is -2.29. The maximum absolute atomic E-state index is 14.7. The quantitative estimate of drug-likeness (QED) is 0.703. The fourth-order valence-electron chi connectivity index (χ4n) is 3.47. The van der Waals surface area contributed by atoms with Gasteiger partial charge in [-0.2, -0.15) is 5.90 Å². The molecule has 0 aliphatic carbocycles. The van der Waals surface area contributed by atoms with Gasteiger partial charge in [-0.1, -0.05) is 17.7 Å². The zero-order valence-electron chi connectivity index (χ0n) is 17.1. The Labute approximate surface area is 183 Å². The van der Waals surface area contributed by atoms with Crippen molar-refractivity contribution < 1.29 is 23.2 Å². The van der Waals surface area contributed by atoms with Crippen LogP contribution < -0.4 is 10.8 Å². The Kier molecular flexibility index (Phi) is 7.09. The monoisotopic (exact) mass is 452 g/mol. The number of hydrogen-bond acceptors (Lipinski definition) is 5. The van der Waals surface area contributed by atoms with E-state index in [9.17, 15) is 18.4 Å². The fraction of sp³-hybridized carbons (Fsp3) is 0.333. The SMILES string of the molecule is CN(C)[C@@H]1CCN(C(=O)N(Cc2ccc(C(=O)ON)cc2F)c2ccc(F)c(Cl)c2)C1. The molecule has 1 aliphatic heterocycles. The van der Waals surface area contributed by atoms with Crippen molar-refractivity contribution >= 4 is 29.3 Å². The molecule has 0 bridgehead atoms. The number of benzene rings is 2. The van der Waals surface area contributed by atoms with E-state index in [1.807, 2.05) is 19.0 Å². The number of nitrogens with zero attached hydrogens (tertiary/aromatic N) is 3. The van der Waals surface area contributed by atoms with E-state index >= 15 is 0 Å². The normalized spacial score (nSPS) is 16.0. The van der Waals surface area contributed by atoms with E-state index in [-0.39, 0.29) is 34.8 Å². The maximum Gasteiger partial charge on any atom is 0.356 e. The predicted molar refractivity (Wildman–Crippen MR) is 113 cm³/mol. The molecule has 1 fully saturated rings. The molecule has 2 N–H and O–H groups in total. The molecule has 0 unspecified atom stereocenters. The molecular formula is C21H23ClF2N4O3. The minimum absolute atomic E-state index is 0.0557. The van der Waals surface area contributed by atoms with Gasteiger partial charge in [0.2, 0.25) is 0 Å². The van der Waals surface area contributed by atoms with Gasteiger partial charge >= 0.3 is 12.0 Å². The molecule has 31 heavy (non-hydrogen) atoms. The molecule has 3 rings (SSSR count). The van der Waals surface area contributed by atoms with E-state index in [0.717, 1.165) is 18.6 Å². The molecule has 1 saturated heterocycles. The zero-order chi connectivity index (χ0) is 22.7. The van der Waals surface area contributed by atoms with E-state index in [4.69, 9.17) is 17.5 Å². The second-order valence-corrected chi connectivity index (χ2v) is 7.94. The van der Waals surface area contributed by atoms with E-state index in [1.165, 1.54) is 29.2 Å². The average Bonchev–Trinajstić information content (AvgIpc) is 3.24. The summed E-state index contributed by atoms with van der Waals surface area (Å²) in [5.41, 5.74) is 0.431. The summed E-state index contributed by atoms with van der Waals surface area (Å²) < 4.78 is 28.4. The Hall–Kier alpha value is -2.75. The summed E-state index contributed by atoms with van der Waals surface area (Å²) in [6.07, 6.45) is 0.807. The number of halogens is 3. The Morgan fingerprint density at radius 1 is 1.19 bits per heavy atom. The lowest BCUT2D eigenvalue weighted by Crippen LogP contribution is -2.43. The highest BCUT2D eigenvalue weighted by atomic mass is 35.5. The number of urea groups is 1. The van der Waals surface area contributed by atoms with Gasteiger partial charge in [0.1, 0.15) is 11.6 Å². The van der Waals surface area contributed by atoms with Gasteiger partial charge in [-0.15, -0.1) is 0 Å². The average molecular weight is 453 g/mol. The zero-order valence-corrected chi connectivity index (χ0v) is 17.9. The van der Waals surface area contributed by atoms with Crippen LogP contribution in [-0.4, -0.2) is 55.0 Å². The summed E-state index contributed by atoms with van der Waals surface area (Å²) in [6.45, 7) is 0.908. The third-order valence-corrected chi connectivity index (χ3v) is 5.62. The van der Waals surface area contributed by atoms with Crippen LogP contribution in [0.4, 0.5) is 19.3 Å². The number of rotatable bonds is 5. The first-order valence-corrected chi connectivity index (χ1v) is 9.96. The van der Waals surface area contributed by atoms with Crippen LogP contribution >= 0.6 is 11.6 Å². The topological polar surface area (TPSA) is 79.1 Å². The van der Waals surface area contributed by atoms with Crippen molar-refractivity contribution in [2.45, 2.75) is 19.0 Å². The minimum atomic E-state index is -0.879. The number of amides is 2. The lowest BCUT2D eigenvalue weighted by molar-refractivity contribution is 0.0503. The second-order valence-electron chi connectivity index (χ2n) is 7.53. The largest absolute Gasteiger partial charge is 0.370 e. The molecule has 166 valence electrons. The highest BCUT2D eigenvalue weighted by Gasteiger charge is 2.31. The number of anilines is 1. The number of likely N-dealkylation sites (tertiary alicyclic amines) is 1. The molecule has 0 radical (unpaired) electrons. The highest BCUT2D eigenvalue weighted by molar-refractivity contribution is 6.31. The molecule has 2 aromatic rings. The van der Waals surface area contributed by atoms with Gasteiger partial charge in [0, 0.05) is 30.4 Å². The number of nitrogens with two attached hydrogens (primary N) is 1. The van der Waals surface area contributed by atoms with Gasteiger partial charge in [-0.25, -0.2) is 18.4 Å². The standard InChI is InChI=1S/C21H23ClF2N4O3/c1-26(2)16-7-8-27(12-16)21(30)28(15-5-6-18(23)17(22)10-15)11-14-4-3-13(9-19(14)24)20(29)31-25/h3-6,9-10,16H,7-8,11-12,25H2,1-2H3/t16-/m1/s1. The van der Waals surface area contributed by atoms with E-state index in [0.29, 0.717) is 18.8 Å². The summed E-state index contributed by atoms with van der Waals surface area (Å²) >= 11 is 5.92. The van der Waals surface area contributed by atoms with Crippen LogP contribution in [0.2, 0.25) is 5.02 Å². The van der Waals surface area contributed by atoms with Crippen LogP contribution in [-0.2, 0) is 11.4 Å². The fourth-order valence-corrected chi connectivity index (χ4v) is 3.65. The third kappa shape index (κ3) is 5.12. The molecule has 0 aromatic heterocycles. The van der Waals surface area contributed by atoms with Crippen molar-refractivity contribution in [2.24, 2.45) is 5.90 Å². The minimum Gasteiger partial charge on any atom is -0.370 e. The summed E-state index contributed by atoms with van der Waals surface area (Å²) in [7, 11) is 3.89. The number of carbonyl (C=O) groups excluding carboxylic acids is 2. The molecule has 0 spiro atoms. The van der Waals surface area contributed by atoms with Crippen LogP contribution in [0.5, 0.6) is 0 Å². The molecule has 1 heterocycles. The Bertz CT molecular complexity index is 989. The van der Waals surface area contributed by atoms with Gasteiger partial charge in [-0.3, -0.25) is 4.90 Å². The number of likely N-dealkylation sites (N-methyl/N-ethyl adjacent to an activating group) is 1. The molecule has 0 saturated carbocycles. The van der Waals surface area contributed by atoms with Crippen LogP contribution in [0.15, 0.2) is 36.4 Å². The highest BCUT2D eigenvalue weighted by Crippen LogP contribution is 2.27. The summed E-state index contributed by atoms with van der Waals surface area (Å²) in [5.74, 6) is 2.63. The van der Waals surface area contributed by atoms with Gasteiger partial charge < -0.3 is 14.6 Å². The Morgan fingerprint density at radius 3 is 2.52 bits per heavy atom. The maximum atomic E-state index is 14.7. The van der Waals surface area contributed by atoms with Gasteiger partial charge in [0.25, 0.3) is 0 Å². The summed E-state index contributed by atoms with van der Waals surface area (Å²) in [5, 5.41) is -0.149. The first kappa shape index (κ1) is 22.9. The first-order chi connectivity index (χ1) is 14.7. The number of carbonyl (C=O) groups is 2.